The summed E-state index contributed by atoms with van der Waals surface area (Å²) in [5.41, 5.74) is 0. The van der Waals surface area contributed by atoms with E-state index >= 15 is 0 Å². The maximum absolute atomic E-state index is 9.75. The lowest BCUT2D eigenvalue weighted by molar-refractivity contribution is 0.0428. The zero-order valence-electron chi connectivity index (χ0n) is 17.9. The van der Waals surface area contributed by atoms with Gasteiger partial charge in [0, 0.05) is 12.5 Å². The van der Waals surface area contributed by atoms with Crippen molar-refractivity contribution >= 4 is 0 Å². The van der Waals surface area contributed by atoms with Crippen molar-refractivity contribution in [3.63, 3.8) is 0 Å². The van der Waals surface area contributed by atoms with E-state index in [2.05, 4.69) is 6.92 Å². The summed E-state index contributed by atoms with van der Waals surface area (Å²) < 4.78 is 5.75. The lowest BCUT2D eigenvalue weighted by Gasteiger charge is -2.14. The molecular weight excluding hydrogens is 320 g/mol. The number of aliphatic hydroxyl groups excluding tert-OH is 1. The zero-order chi connectivity index (χ0) is 18.7. The Hall–Kier alpha value is -0.0800. The van der Waals surface area contributed by atoms with Crippen molar-refractivity contribution in [1.82, 2.24) is 0 Å². The van der Waals surface area contributed by atoms with Crippen molar-refractivity contribution in [2.24, 2.45) is 5.92 Å². The van der Waals surface area contributed by atoms with Gasteiger partial charge in [0.1, 0.15) is 0 Å². The van der Waals surface area contributed by atoms with Crippen molar-refractivity contribution in [3.8, 4) is 0 Å². The molecule has 156 valence electrons. The molecule has 0 saturated heterocycles. The summed E-state index contributed by atoms with van der Waals surface area (Å²) >= 11 is 0. The summed E-state index contributed by atoms with van der Waals surface area (Å²) in [7, 11) is 0. The van der Waals surface area contributed by atoms with Gasteiger partial charge in [0.15, 0.2) is 0 Å². The van der Waals surface area contributed by atoms with E-state index in [1.54, 1.807) is 0 Å². The van der Waals surface area contributed by atoms with E-state index in [0.717, 1.165) is 26.1 Å². The highest BCUT2D eigenvalue weighted by Crippen LogP contribution is 2.25. The molecule has 0 amide bonds. The van der Waals surface area contributed by atoms with E-state index in [0.29, 0.717) is 5.92 Å². The quantitative estimate of drug-likeness (QED) is 0.240. The molecule has 0 aromatic rings. The predicted octanol–water partition coefficient (Wildman–Crippen LogP) is 7.43. The lowest BCUT2D eigenvalue weighted by atomic mass is 10.0. The molecular formula is C24H48O2. The molecule has 2 heteroatoms. The summed E-state index contributed by atoms with van der Waals surface area (Å²) in [6, 6.07) is 0. The predicted molar refractivity (Wildman–Crippen MR) is 114 cm³/mol. The summed E-state index contributed by atoms with van der Waals surface area (Å²) in [5, 5.41) is 9.75. The molecule has 1 rings (SSSR count). The summed E-state index contributed by atoms with van der Waals surface area (Å²) in [4.78, 5) is 0. The minimum Gasteiger partial charge on any atom is -0.393 e. The van der Waals surface area contributed by atoms with Gasteiger partial charge in [0.25, 0.3) is 0 Å². The van der Waals surface area contributed by atoms with Gasteiger partial charge >= 0.3 is 0 Å². The highest BCUT2D eigenvalue weighted by molar-refractivity contribution is 4.75. The number of rotatable bonds is 19. The monoisotopic (exact) mass is 368 g/mol. The van der Waals surface area contributed by atoms with Gasteiger partial charge in [0.2, 0.25) is 0 Å². The fourth-order valence-corrected chi connectivity index (χ4v) is 4.20. The first kappa shape index (κ1) is 24.0. The van der Waals surface area contributed by atoms with E-state index in [9.17, 15) is 5.11 Å². The number of hydrogen-bond donors (Lipinski definition) is 1. The normalized spacial score (nSPS) is 20.1. The standard InChI is InChI=1S/C24H48O2/c1-2-3-4-5-6-7-8-9-10-11-12-13-14-15-16-17-21-26-22-23-19-18-20-24(23)25/h23-25H,2-22H2,1H3/t23-,24+/m0/s1. The summed E-state index contributed by atoms with van der Waals surface area (Å²) in [5.74, 6) is 0.413. The number of unbranched alkanes of at least 4 members (excludes halogenated alkanes) is 15. The molecule has 2 nitrogen and oxygen atoms in total. The van der Waals surface area contributed by atoms with E-state index in [1.165, 1.54) is 109 Å². The summed E-state index contributed by atoms with van der Waals surface area (Å²) in [6.45, 7) is 3.96. The third-order valence-corrected chi connectivity index (χ3v) is 6.09. The van der Waals surface area contributed by atoms with Crippen LogP contribution >= 0.6 is 0 Å². The van der Waals surface area contributed by atoms with E-state index in [-0.39, 0.29) is 6.10 Å². The van der Waals surface area contributed by atoms with E-state index in [4.69, 9.17) is 4.74 Å². The van der Waals surface area contributed by atoms with Crippen LogP contribution in [0.5, 0.6) is 0 Å². The molecule has 1 saturated carbocycles. The number of hydrogen-bond acceptors (Lipinski definition) is 2. The van der Waals surface area contributed by atoms with Gasteiger partial charge in [0.05, 0.1) is 12.7 Å². The molecule has 0 aromatic carbocycles. The Morgan fingerprint density at radius 3 is 1.54 bits per heavy atom. The van der Waals surface area contributed by atoms with Crippen LogP contribution in [0.3, 0.4) is 0 Å². The van der Waals surface area contributed by atoms with Crippen LogP contribution in [0, 0.1) is 5.92 Å². The highest BCUT2D eigenvalue weighted by Gasteiger charge is 2.24. The fraction of sp³-hybridized carbons (Fsp3) is 1.00. The number of aliphatic hydroxyl groups is 1. The Kier molecular flexibility index (Phi) is 16.9. The zero-order valence-corrected chi connectivity index (χ0v) is 17.9. The molecule has 26 heavy (non-hydrogen) atoms. The SMILES string of the molecule is CCCCCCCCCCCCCCCCCCOC[C@@H]1CCC[C@H]1O. The van der Waals surface area contributed by atoms with Crippen LogP contribution in [0.25, 0.3) is 0 Å². The molecule has 1 aliphatic rings. The Labute approximate surface area is 164 Å². The van der Waals surface area contributed by atoms with Crippen LogP contribution in [-0.2, 0) is 4.74 Å². The van der Waals surface area contributed by atoms with Crippen molar-refractivity contribution in [1.29, 1.82) is 0 Å². The van der Waals surface area contributed by atoms with Crippen molar-refractivity contribution in [3.05, 3.63) is 0 Å². The second-order valence-electron chi connectivity index (χ2n) is 8.64. The minimum atomic E-state index is -0.0965. The number of ether oxygens (including phenoxy) is 1. The molecule has 0 aromatic heterocycles. The van der Waals surface area contributed by atoms with E-state index < -0.39 is 0 Å². The van der Waals surface area contributed by atoms with Gasteiger partial charge in [-0.25, -0.2) is 0 Å². The third kappa shape index (κ3) is 14.0. The van der Waals surface area contributed by atoms with Crippen molar-refractivity contribution in [2.45, 2.75) is 135 Å². The largest absolute Gasteiger partial charge is 0.393 e. The van der Waals surface area contributed by atoms with Gasteiger partial charge in [-0.05, 0) is 19.3 Å². The molecule has 0 heterocycles. The lowest BCUT2D eigenvalue weighted by Crippen LogP contribution is -2.19. The fourth-order valence-electron chi connectivity index (χ4n) is 4.20. The average Bonchev–Trinajstić information content (AvgIpc) is 3.05. The van der Waals surface area contributed by atoms with Gasteiger partial charge in [-0.3, -0.25) is 0 Å². The first-order chi connectivity index (χ1) is 12.8. The molecule has 0 unspecified atom stereocenters. The maximum Gasteiger partial charge on any atom is 0.0590 e. The van der Waals surface area contributed by atoms with Crippen molar-refractivity contribution in [2.75, 3.05) is 13.2 Å². The van der Waals surface area contributed by atoms with Crippen LogP contribution in [0.4, 0.5) is 0 Å². The Bertz CT molecular complexity index is 279. The highest BCUT2D eigenvalue weighted by atomic mass is 16.5. The molecule has 1 fully saturated rings. The first-order valence-corrected chi connectivity index (χ1v) is 12.1. The topological polar surface area (TPSA) is 29.5 Å². The molecule has 1 aliphatic carbocycles. The van der Waals surface area contributed by atoms with Crippen LogP contribution in [0.2, 0.25) is 0 Å². The van der Waals surface area contributed by atoms with Crippen LogP contribution in [0.15, 0.2) is 0 Å². The Balaban J connectivity index is 1.66. The second kappa shape index (κ2) is 18.3. The molecule has 2 atom stereocenters. The third-order valence-electron chi connectivity index (χ3n) is 6.09. The summed E-state index contributed by atoms with van der Waals surface area (Å²) in [6.07, 6.45) is 25.8. The van der Waals surface area contributed by atoms with Crippen molar-refractivity contribution < 1.29 is 9.84 Å². The van der Waals surface area contributed by atoms with Crippen LogP contribution in [0.1, 0.15) is 129 Å². The first-order valence-electron chi connectivity index (χ1n) is 12.1. The van der Waals surface area contributed by atoms with Crippen LogP contribution < -0.4 is 0 Å². The van der Waals surface area contributed by atoms with Crippen LogP contribution in [-0.4, -0.2) is 24.4 Å². The second-order valence-corrected chi connectivity index (χ2v) is 8.64. The maximum atomic E-state index is 9.75. The molecule has 0 aliphatic heterocycles. The molecule has 1 N–H and O–H groups in total. The van der Waals surface area contributed by atoms with Gasteiger partial charge < -0.3 is 9.84 Å². The van der Waals surface area contributed by atoms with E-state index in [1.807, 2.05) is 0 Å². The minimum absolute atomic E-state index is 0.0965. The Morgan fingerprint density at radius 2 is 1.12 bits per heavy atom. The van der Waals surface area contributed by atoms with Gasteiger partial charge in [-0.2, -0.15) is 0 Å². The van der Waals surface area contributed by atoms with Gasteiger partial charge in [-0.15, -0.1) is 0 Å². The molecule has 0 bridgehead atoms. The Morgan fingerprint density at radius 1 is 0.654 bits per heavy atom. The average molecular weight is 369 g/mol. The molecule has 0 radical (unpaired) electrons. The molecule has 0 spiro atoms. The van der Waals surface area contributed by atoms with Gasteiger partial charge in [-0.1, -0.05) is 110 Å². The smallest absolute Gasteiger partial charge is 0.0590 e.